The van der Waals surface area contributed by atoms with E-state index >= 15 is 0 Å². The molecule has 0 unspecified atom stereocenters. The fourth-order valence-electron chi connectivity index (χ4n) is 7.90. The predicted octanol–water partition coefficient (Wildman–Crippen LogP) is 5.92. The highest BCUT2D eigenvalue weighted by Crippen LogP contribution is 2.61. The molecule has 10 heteroatoms. The Morgan fingerprint density at radius 1 is 1.08 bits per heavy atom. The van der Waals surface area contributed by atoms with Crippen molar-refractivity contribution in [2.24, 2.45) is 28.2 Å². The van der Waals surface area contributed by atoms with E-state index in [0.29, 0.717) is 52.2 Å². The van der Waals surface area contributed by atoms with Crippen molar-refractivity contribution in [3.8, 4) is 11.5 Å². The third-order valence-corrected chi connectivity index (χ3v) is 11.0. The number of anilines is 1. The van der Waals surface area contributed by atoms with Crippen LogP contribution < -0.4 is 25.7 Å². The molecule has 2 heterocycles. The summed E-state index contributed by atoms with van der Waals surface area (Å²) in [6, 6.07) is 20.1. The van der Waals surface area contributed by atoms with Crippen LogP contribution in [0.1, 0.15) is 45.0 Å². The smallest absolute Gasteiger partial charge is 0.261 e. The lowest BCUT2D eigenvalue weighted by Gasteiger charge is -2.61. The van der Waals surface area contributed by atoms with Crippen LogP contribution in [0.2, 0.25) is 0 Å². The van der Waals surface area contributed by atoms with Gasteiger partial charge in [-0.05, 0) is 71.9 Å². The highest BCUT2D eigenvalue weighted by molar-refractivity contribution is 5.96. The Kier molecular flexibility index (Phi) is 8.85. The van der Waals surface area contributed by atoms with Crippen molar-refractivity contribution in [3.05, 3.63) is 94.3 Å². The number of benzene rings is 3. The Hall–Kier alpha value is -4.44. The summed E-state index contributed by atoms with van der Waals surface area (Å²) >= 11 is 0. The molecule has 1 aliphatic heterocycles. The number of ether oxygens (including phenoxy) is 2. The molecule has 1 saturated heterocycles. The lowest BCUT2D eigenvalue weighted by Crippen LogP contribution is -2.57. The molecule has 4 aromatic rings. The van der Waals surface area contributed by atoms with E-state index in [4.69, 9.17) is 19.5 Å². The van der Waals surface area contributed by atoms with Crippen molar-refractivity contribution in [2.45, 2.75) is 52.8 Å². The minimum atomic E-state index is -0.550. The molecule has 4 fully saturated rings. The van der Waals surface area contributed by atoms with E-state index in [1.165, 1.54) is 25.7 Å². The Morgan fingerprint density at radius 2 is 1.88 bits per heavy atom. The second-order valence-corrected chi connectivity index (χ2v) is 14.1. The zero-order chi connectivity index (χ0) is 33.4. The van der Waals surface area contributed by atoms with Gasteiger partial charge in [0.1, 0.15) is 12.4 Å². The first-order chi connectivity index (χ1) is 23.2. The minimum absolute atomic E-state index is 0.0571. The van der Waals surface area contributed by atoms with Gasteiger partial charge >= 0.3 is 0 Å². The Balaban J connectivity index is 1.22. The van der Waals surface area contributed by atoms with Crippen LogP contribution in [-0.4, -0.2) is 59.7 Å². The summed E-state index contributed by atoms with van der Waals surface area (Å²) < 4.78 is 27.4. The van der Waals surface area contributed by atoms with E-state index in [0.717, 1.165) is 49.8 Å². The van der Waals surface area contributed by atoms with Gasteiger partial charge in [0.15, 0.2) is 23.4 Å². The summed E-state index contributed by atoms with van der Waals surface area (Å²) in [5, 5.41) is 7.58. The minimum Gasteiger partial charge on any atom is -0.497 e. The zero-order valence-electron chi connectivity index (χ0n) is 28.2. The number of hydrogen-bond acceptors (Lipinski definition) is 6. The Morgan fingerprint density at radius 3 is 2.58 bits per heavy atom. The van der Waals surface area contributed by atoms with Crippen LogP contribution in [-0.2, 0) is 13.2 Å². The number of methoxy groups -OCH3 is 1. The average Bonchev–Trinajstić information content (AvgIpc) is 3.10. The summed E-state index contributed by atoms with van der Waals surface area (Å²) in [5.41, 5.74) is 2.52. The molecule has 3 aromatic carbocycles. The van der Waals surface area contributed by atoms with Crippen molar-refractivity contribution in [1.29, 1.82) is 0 Å². The number of nitrogens with zero attached hydrogens (tertiary/aromatic N) is 4. The van der Waals surface area contributed by atoms with Crippen molar-refractivity contribution >= 4 is 22.5 Å². The van der Waals surface area contributed by atoms with Gasteiger partial charge in [-0.2, -0.15) is 0 Å². The quantitative estimate of drug-likeness (QED) is 0.181. The maximum atomic E-state index is 14.8. The van der Waals surface area contributed by atoms with E-state index in [9.17, 15) is 9.18 Å². The first-order valence-corrected chi connectivity index (χ1v) is 17.1. The molecule has 3 aliphatic carbocycles. The third kappa shape index (κ3) is 6.25. The molecule has 3 saturated carbocycles. The molecule has 8 rings (SSSR count). The van der Waals surface area contributed by atoms with Gasteiger partial charge in [0, 0.05) is 37.9 Å². The van der Waals surface area contributed by atoms with Crippen LogP contribution in [0.25, 0.3) is 10.9 Å². The van der Waals surface area contributed by atoms with Gasteiger partial charge in [-0.3, -0.25) is 9.36 Å². The number of nitrogens with one attached hydrogen (secondary N) is 2. The zero-order valence-corrected chi connectivity index (χ0v) is 28.2. The summed E-state index contributed by atoms with van der Waals surface area (Å²) in [6.45, 7) is 11.0. The van der Waals surface area contributed by atoms with Crippen molar-refractivity contribution < 1.29 is 13.9 Å². The van der Waals surface area contributed by atoms with Gasteiger partial charge in [-0.15, -0.1) is 0 Å². The molecule has 9 nitrogen and oxygen atoms in total. The van der Waals surface area contributed by atoms with E-state index in [2.05, 4.69) is 36.3 Å². The fraction of sp³-hybridized carbons (Fsp3) is 0.447. The maximum absolute atomic E-state index is 14.8. The predicted molar refractivity (Wildman–Crippen MR) is 187 cm³/mol. The summed E-state index contributed by atoms with van der Waals surface area (Å²) in [6.07, 6.45) is 2.42. The Bertz CT molecular complexity index is 1870. The number of halogens is 1. The van der Waals surface area contributed by atoms with Crippen molar-refractivity contribution in [2.75, 3.05) is 38.6 Å². The molecule has 4 aliphatic rings. The van der Waals surface area contributed by atoms with Gasteiger partial charge in [0.05, 0.1) is 30.6 Å². The number of hydrogen-bond donors (Lipinski definition) is 2. The topological polar surface area (TPSA) is 93.0 Å². The number of piperazine rings is 1. The third-order valence-electron chi connectivity index (χ3n) is 11.0. The summed E-state index contributed by atoms with van der Waals surface area (Å²) in [7, 11) is 1.48. The van der Waals surface area contributed by atoms with Crippen LogP contribution in [0.5, 0.6) is 11.5 Å². The molecule has 48 heavy (non-hydrogen) atoms. The number of rotatable bonds is 8. The fourth-order valence-corrected chi connectivity index (χ4v) is 7.90. The van der Waals surface area contributed by atoms with Gasteiger partial charge in [-0.1, -0.05) is 51.1 Å². The van der Waals surface area contributed by atoms with Crippen LogP contribution in [0.4, 0.5) is 10.1 Å². The SMILES string of the molecule is COc1ccc(OCc2nc3cc(NC(=N[C@H]4C[C@H]5C[C@@H]([C@@H]4C)C5(C)C)N4CCNCC4)ccc3c(=O)n2Cc2ccccc2)c(F)c1. The molecule has 0 radical (unpaired) electrons. The van der Waals surface area contributed by atoms with Gasteiger partial charge in [-0.25, -0.2) is 14.4 Å². The first kappa shape index (κ1) is 32.1. The number of fused-ring (bicyclic) bond motifs is 3. The monoisotopic (exact) mass is 652 g/mol. The molecule has 2 N–H and O–H groups in total. The summed E-state index contributed by atoms with van der Waals surface area (Å²) in [4.78, 5) is 26.7. The van der Waals surface area contributed by atoms with Crippen LogP contribution in [0.3, 0.4) is 0 Å². The standard InChI is InChI=1S/C38H45FN6O3/c1-24-30-18-26(38(30,2)3)19-32(24)43-37(44-16-14-40-15-17-44)41-27-10-12-29-33(20-27)42-35(23-48-34-13-11-28(47-4)21-31(34)39)45(36(29)46)22-25-8-6-5-7-9-25/h5-13,20-21,24,26,30,32,40H,14-19,22-23H2,1-4H3,(H,41,43)/t24-,26+,30-,32-/m0/s1. The normalized spacial score (nSPS) is 23.4. The van der Waals surface area contributed by atoms with Crippen molar-refractivity contribution in [3.63, 3.8) is 0 Å². The van der Waals surface area contributed by atoms with E-state index in [-0.39, 0.29) is 24.0 Å². The molecule has 0 spiro atoms. The van der Waals surface area contributed by atoms with Gasteiger partial charge in [0.25, 0.3) is 5.56 Å². The van der Waals surface area contributed by atoms with E-state index in [1.54, 1.807) is 10.6 Å². The number of aliphatic imine (C=N–C) groups is 1. The lowest BCUT2D eigenvalue weighted by atomic mass is 9.45. The van der Waals surface area contributed by atoms with Crippen LogP contribution >= 0.6 is 0 Å². The van der Waals surface area contributed by atoms with Crippen molar-refractivity contribution in [1.82, 2.24) is 19.8 Å². The van der Waals surface area contributed by atoms with Gasteiger partial charge in [0.2, 0.25) is 0 Å². The average molecular weight is 653 g/mol. The number of aromatic nitrogens is 2. The largest absolute Gasteiger partial charge is 0.497 e. The second-order valence-electron chi connectivity index (χ2n) is 14.1. The molecule has 1 aromatic heterocycles. The highest BCUT2D eigenvalue weighted by atomic mass is 19.1. The first-order valence-electron chi connectivity index (χ1n) is 17.1. The van der Waals surface area contributed by atoms with Crippen LogP contribution in [0, 0.1) is 29.0 Å². The second kappa shape index (κ2) is 13.2. The summed E-state index contributed by atoms with van der Waals surface area (Å²) in [5.74, 6) is 3.11. The molecule has 4 atom stereocenters. The van der Waals surface area contributed by atoms with Gasteiger partial charge < -0.3 is 25.0 Å². The molecular weight excluding hydrogens is 607 g/mol. The molecule has 252 valence electrons. The number of guanidine groups is 1. The van der Waals surface area contributed by atoms with E-state index in [1.807, 2.05) is 48.5 Å². The maximum Gasteiger partial charge on any atom is 0.261 e. The molecular formula is C38H45FN6O3. The Labute approximate surface area is 281 Å². The molecule has 0 amide bonds. The highest BCUT2D eigenvalue weighted by Gasteiger charge is 2.56. The lowest BCUT2D eigenvalue weighted by molar-refractivity contribution is -0.108. The molecule has 2 bridgehead atoms. The van der Waals surface area contributed by atoms with E-state index < -0.39 is 5.82 Å². The van der Waals surface area contributed by atoms with Crippen LogP contribution in [0.15, 0.2) is 76.5 Å².